The Morgan fingerprint density at radius 1 is 1.22 bits per heavy atom. The van der Waals surface area contributed by atoms with Crippen LogP contribution in [0.2, 0.25) is 0 Å². The number of nitrogens with zero attached hydrogens (tertiary/aromatic N) is 1. The average molecular weight is 443 g/mol. The summed E-state index contributed by atoms with van der Waals surface area (Å²) >= 11 is 1.77. The minimum atomic E-state index is -0.0201. The Bertz CT molecular complexity index is 604. The van der Waals surface area contributed by atoms with Gasteiger partial charge in [0.25, 0.3) is 0 Å². The third-order valence-electron chi connectivity index (χ3n) is 3.74. The van der Waals surface area contributed by atoms with E-state index >= 15 is 0 Å². The fourth-order valence-electron chi connectivity index (χ4n) is 2.20. The topological polar surface area (TPSA) is 50.4 Å². The summed E-state index contributed by atoms with van der Waals surface area (Å²) in [4.78, 5) is 5.86. The van der Waals surface area contributed by atoms with Crippen LogP contribution in [0.15, 0.2) is 46.8 Å². The van der Waals surface area contributed by atoms with Gasteiger partial charge in [-0.2, -0.15) is 0 Å². The number of hydrogen-bond acceptors (Lipinski definition) is 2. The molecule has 0 spiro atoms. The van der Waals surface area contributed by atoms with Gasteiger partial charge in [-0.3, -0.25) is 4.99 Å². The van der Waals surface area contributed by atoms with Crippen molar-refractivity contribution in [1.82, 2.24) is 5.32 Å². The highest BCUT2D eigenvalue weighted by molar-refractivity contribution is 14.0. The molecule has 0 atom stereocenters. The monoisotopic (exact) mass is 443 g/mol. The fourth-order valence-corrected chi connectivity index (χ4v) is 2.91. The summed E-state index contributed by atoms with van der Waals surface area (Å²) in [5.74, 6) is 0.525. The number of aliphatic imine (C=N–C) groups is 1. The first-order chi connectivity index (χ1) is 10.5. The van der Waals surface area contributed by atoms with Crippen molar-refractivity contribution in [2.75, 3.05) is 13.1 Å². The zero-order valence-electron chi connectivity index (χ0n) is 14.0. The van der Waals surface area contributed by atoms with E-state index in [1.165, 1.54) is 16.0 Å². The van der Waals surface area contributed by atoms with Gasteiger partial charge in [-0.25, -0.2) is 0 Å². The van der Waals surface area contributed by atoms with Gasteiger partial charge >= 0.3 is 0 Å². The molecule has 1 heterocycles. The molecule has 3 N–H and O–H groups in total. The first kappa shape index (κ1) is 20.0. The molecule has 1 aromatic heterocycles. The average Bonchev–Trinajstić information content (AvgIpc) is 2.99. The lowest BCUT2D eigenvalue weighted by Crippen LogP contribution is -2.35. The molecule has 0 radical (unpaired) electrons. The van der Waals surface area contributed by atoms with Crippen molar-refractivity contribution in [1.29, 1.82) is 0 Å². The number of nitrogens with two attached hydrogens (primary N) is 1. The van der Waals surface area contributed by atoms with Crippen LogP contribution in [-0.4, -0.2) is 19.0 Å². The highest BCUT2D eigenvalue weighted by Gasteiger charge is 2.19. The molecule has 0 saturated carbocycles. The molecular formula is C18H26IN3S. The smallest absolute Gasteiger partial charge is 0.188 e. The van der Waals surface area contributed by atoms with E-state index in [4.69, 9.17) is 5.73 Å². The zero-order chi connectivity index (χ0) is 16.0. The molecule has 3 nitrogen and oxygen atoms in total. The predicted molar refractivity (Wildman–Crippen MR) is 112 cm³/mol. The minimum Gasteiger partial charge on any atom is -0.370 e. The predicted octanol–water partition coefficient (Wildman–Crippen LogP) is 4.10. The second-order valence-electron chi connectivity index (χ2n) is 6.21. The number of halogens is 1. The Morgan fingerprint density at radius 2 is 1.91 bits per heavy atom. The van der Waals surface area contributed by atoms with Crippen LogP contribution in [0.3, 0.4) is 0 Å². The highest BCUT2D eigenvalue weighted by atomic mass is 127. The Balaban J connectivity index is 0.00000264. The summed E-state index contributed by atoms with van der Waals surface area (Å²) in [6.07, 6.45) is 0.981. The molecule has 2 aromatic rings. The molecule has 0 amide bonds. The van der Waals surface area contributed by atoms with E-state index in [9.17, 15) is 0 Å². The van der Waals surface area contributed by atoms with Crippen molar-refractivity contribution >= 4 is 41.3 Å². The van der Waals surface area contributed by atoms with E-state index in [-0.39, 0.29) is 29.4 Å². The number of thiophene rings is 1. The second-order valence-corrected chi connectivity index (χ2v) is 7.24. The number of guanidine groups is 1. The maximum atomic E-state index is 5.96. The van der Waals surface area contributed by atoms with E-state index in [1.54, 1.807) is 11.3 Å². The third-order valence-corrected chi connectivity index (χ3v) is 4.67. The van der Waals surface area contributed by atoms with Crippen LogP contribution in [0.25, 0.3) is 0 Å². The van der Waals surface area contributed by atoms with E-state index in [2.05, 4.69) is 72.9 Å². The molecule has 0 bridgehead atoms. The van der Waals surface area contributed by atoms with Crippen molar-refractivity contribution in [2.24, 2.45) is 10.7 Å². The molecule has 0 aliphatic heterocycles. The van der Waals surface area contributed by atoms with Crippen LogP contribution in [0.5, 0.6) is 0 Å². The number of nitrogens with one attached hydrogen (secondary N) is 1. The Morgan fingerprint density at radius 3 is 2.52 bits per heavy atom. The van der Waals surface area contributed by atoms with E-state index in [0.717, 1.165) is 13.0 Å². The van der Waals surface area contributed by atoms with Gasteiger partial charge in [0.1, 0.15) is 0 Å². The van der Waals surface area contributed by atoms with Crippen LogP contribution in [0.1, 0.15) is 29.9 Å². The standard InChI is InChI=1S/C18H25N3S.HI/c1-14-6-8-15(9-7-14)18(2,3)13-21-17(19)20-11-10-16-5-4-12-22-16;/h4-9,12H,10-11,13H2,1-3H3,(H3,19,20,21);1H. The van der Waals surface area contributed by atoms with Crippen molar-refractivity contribution in [3.05, 3.63) is 57.8 Å². The molecular weight excluding hydrogens is 417 g/mol. The Hall–Kier alpha value is -1.08. The summed E-state index contributed by atoms with van der Waals surface area (Å²) in [6.45, 7) is 7.99. The lowest BCUT2D eigenvalue weighted by atomic mass is 9.84. The van der Waals surface area contributed by atoms with Gasteiger partial charge in [0.05, 0.1) is 6.54 Å². The van der Waals surface area contributed by atoms with Gasteiger partial charge < -0.3 is 11.1 Å². The van der Waals surface area contributed by atoms with Gasteiger partial charge in [0, 0.05) is 16.8 Å². The van der Waals surface area contributed by atoms with Crippen LogP contribution < -0.4 is 11.1 Å². The molecule has 0 saturated heterocycles. The van der Waals surface area contributed by atoms with Crippen molar-refractivity contribution in [3.8, 4) is 0 Å². The number of aryl methyl sites for hydroxylation is 1. The zero-order valence-corrected chi connectivity index (χ0v) is 17.2. The Kier molecular flexibility index (Phi) is 8.05. The maximum absolute atomic E-state index is 5.96. The highest BCUT2D eigenvalue weighted by Crippen LogP contribution is 2.23. The molecule has 2 rings (SSSR count). The molecule has 126 valence electrons. The lowest BCUT2D eigenvalue weighted by molar-refractivity contribution is 0.538. The lowest BCUT2D eigenvalue weighted by Gasteiger charge is -2.23. The quantitative estimate of drug-likeness (QED) is 0.401. The van der Waals surface area contributed by atoms with Gasteiger partial charge in [0.2, 0.25) is 0 Å². The van der Waals surface area contributed by atoms with Crippen molar-refractivity contribution < 1.29 is 0 Å². The fraction of sp³-hybridized carbons (Fsp3) is 0.389. The molecule has 0 aliphatic rings. The van der Waals surface area contributed by atoms with E-state index in [1.807, 2.05) is 0 Å². The van der Waals surface area contributed by atoms with Crippen LogP contribution in [0.4, 0.5) is 0 Å². The summed E-state index contributed by atoms with van der Waals surface area (Å²) in [5, 5.41) is 5.28. The van der Waals surface area contributed by atoms with Gasteiger partial charge in [-0.05, 0) is 30.4 Å². The first-order valence-electron chi connectivity index (χ1n) is 7.61. The largest absolute Gasteiger partial charge is 0.370 e. The summed E-state index contributed by atoms with van der Waals surface area (Å²) in [5.41, 5.74) is 8.51. The minimum absolute atomic E-state index is 0. The van der Waals surface area contributed by atoms with Crippen molar-refractivity contribution in [3.63, 3.8) is 0 Å². The second kappa shape index (κ2) is 9.27. The molecule has 1 aromatic carbocycles. The Labute approximate surface area is 160 Å². The van der Waals surface area contributed by atoms with Crippen molar-refractivity contribution in [2.45, 2.75) is 32.6 Å². The van der Waals surface area contributed by atoms with Crippen LogP contribution in [-0.2, 0) is 11.8 Å². The van der Waals surface area contributed by atoms with Gasteiger partial charge in [0.15, 0.2) is 5.96 Å². The van der Waals surface area contributed by atoms with E-state index < -0.39 is 0 Å². The van der Waals surface area contributed by atoms with Gasteiger partial charge in [-0.1, -0.05) is 49.7 Å². The SMILES string of the molecule is Cc1ccc(C(C)(C)CN=C(N)NCCc2cccs2)cc1.I. The maximum Gasteiger partial charge on any atom is 0.188 e. The number of hydrogen-bond donors (Lipinski definition) is 2. The molecule has 0 aliphatic carbocycles. The molecule has 5 heteroatoms. The first-order valence-corrected chi connectivity index (χ1v) is 8.49. The normalized spacial score (nSPS) is 11.9. The molecule has 0 unspecified atom stereocenters. The number of benzene rings is 1. The summed E-state index contributed by atoms with van der Waals surface area (Å²) in [7, 11) is 0. The summed E-state index contributed by atoms with van der Waals surface area (Å²) < 4.78 is 0. The van der Waals surface area contributed by atoms with Crippen LogP contribution in [0, 0.1) is 6.92 Å². The number of rotatable bonds is 6. The third kappa shape index (κ3) is 6.51. The molecule has 0 fully saturated rings. The van der Waals surface area contributed by atoms with E-state index in [0.29, 0.717) is 12.5 Å². The van der Waals surface area contributed by atoms with Gasteiger partial charge in [-0.15, -0.1) is 35.3 Å². The summed E-state index contributed by atoms with van der Waals surface area (Å²) in [6, 6.07) is 12.8. The molecule has 23 heavy (non-hydrogen) atoms. The van der Waals surface area contributed by atoms with Crippen LogP contribution >= 0.6 is 35.3 Å².